The minimum absolute atomic E-state index is 0.649. The number of aryl methyl sites for hydroxylation is 1. The highest BCUT2D eigenvalue weighted by atomic mass is 15.1. The molecule has 3 rings (SSSR count). The fourth-order valence-corrected chi connectivity index (χ4v) is 2.58. The predicted octanol–water partition coefficient (Wildman–Crippen LogP) is 2.74. The Morgan fingerprint density at radius 3 is 3.00 bits per heavy atom. The molecule has 0 bridgehead atoms. The molecule has 1 N–H and O–H groups in total. The van der Waals surface area contributed by atoms with Crippen LogP contribution in [0.1, 0.15) is 25.2 Å². The van der Waals surface area contributed by atoms with Crippen LogP contribution in [0.25, 0.3) is 11.0 Å². The van der Waals surface area contributed by atoms with E-state index in [2.05, 4.69) is 42.9 Å². The van der Waals surface area contributed by atoms with Gasteiger partial charge in [0.05, 0.1) is 11.0 Å². The van der Waals surface area contributed by atoms with Crippen molar-refractivity contribution in [3.63, 3.8) is 0 Å². The van der Waals surface area contributed by atoms with Crippen LogP contribution in [0, 0.1) is 5.92 Å². The van der Waals surface area contributed by atoms with Gasteiger partial charge in [0.2, 0.25) is 0 Å². The van der Waals surface area contributed by atoms with Crippen molar-refractivity contribution in [1.82, 2.24) is 9.55 Å². The average molecular weight is 229 g/mol. The molecule has 1 aliphatic heterocycles. The Morgan fingerprint density at radius 2 is 2.24 bits per heavy atom. The number of rotatable bonds is 2. The third kappa shape index (κ3) is 1.70. The first-order valence-corrected chi connectivity index (χ1v) is 6.37. The van der Waals surface area contributed by atoms with Gasteiger partial charge in [0, 0.05) is 25.7 Å². The standard InChI is InChI=1S/C14H19N3/c1-9(2)6-14-16-12-7-10-4-5-15-11(10)8-13(12)17(14)3/h7-9,15H,4-6H2,1-3H3. The van der Waals surface area contributed by atoms with Crippen LogP contribution in [-0.2, 0) is 19.9 Å². The number of hydrogen-bond donors (Lipinski definition) is 1. The number of hydrogen-bond acceptors (Lipinski definition) is 2. The van der Waals surface area contributed by atoms with Gasteiger partial charge in [-0.05, 0) is 30.0 Å². The molecule has 1 aromatic carbocycles. The second-order valence-electron chi connectivity index (χ2n) is 5.36. The summed E-state index contributed by atoms with van der Waals surface area (Å²) in [7, 11) is 2.12. The fourth-order valence-electron chi connectivity index (χ4n) is 2.58. The molecule has 0 amide bonds. The third-order valence-corrected chi connectivity index (χ3v) is 3.50. The summed E-state index contributed by atoms with van der Waals surface area (Å²) in [6, 6.07) is 4.49. The number of nitrogens with zero attached hydrogens (tertiary/aromatic N) is 2. The van der Waals surface area contributed by atoms with Crippen LogP contribution < -0.4 is 5.32 Å². The van der Waals surface area contributed by atoms with E-state index in [1.807, 2.05) is 0 Å². The number of imidazole rings is 1. The Labute approximate surface area is 102 Å². The van der Waals surface area contributed by atoms with Crippen molar-refractivity contribution < 1.29 is 0 Å². The largest absolute Gasteiger partial charge is 0.384 e. The number of fused-ring (bicyclic) bond motifs is 2. The Balaban J connectivity index is 2.14. The zero-order valence-electron chi connectivity index (χ0n) is 10.7. The minimum atomic E-state index is 0.649. The van der Waals surface area contributed by atoms with Gasteiger partial charge in [-0.1, -0.05) is 13.8 Å². The summed E-state index contributed by atoms with van der Waals surface area (Å²) in [6.07, 6.45) is 2.17. The van der Waals surface area contributed by atoms with Gasteiger partial charge < -0.3 is 9.88 Å². The molecule has 0 fully saturated rings. The van der Waals surface area contributed by atoms with Crippen molar-refractivity contribution >= 4 is 16.7 Å². The van der Waals surface area contributed by atoms with Crippen LogP contribution >= 0.6 is 0 Å². The molecule has 0 radical (unpaired) electrons. The van der Waals surface area contributed by atoms with Gasteiger partial charge in [-0.3, -0.25) is 0 Å². The smallest absolute Gasteiger partial charge is 0.109 e. The Morgan fingerprint density at radius 1 is 1.41 bits per heavy atom. The highest BCUT2D eigenvalue weighted by molar-refractivity contribution is 5.83. The molecular formula is C14H19N3. The highest BCUT2D eigenvalue weighted by Crippen LogP contribution is 2.28. The first-order chi connectivity index (χ1) is 8.15. The zero-order valence-corrected chi connectivity index (χ0v) is 10.7. The Bertz CT molecular complexity index is 566. The van der Waals surface area contributed by atoms with E-state index in [1.54, 1.807) is 0 Å². The van der Waals surface area contributed by atoms with Crippen LogP contribution in [0.3, 0.4) is 0 Å². The molecule has 17 heavy (non-hydrogen) atoms. The third-order valence-electron chi connectivity index (χ3n) is 3.50. The van der Waals surface area contributed by atoms with E-state index in [4.69, 9.17) is 4.98 Å². The van der Waals surface area contributed by atoms with Crippen LogP contribution in [0.4, 0.5) is 5.69 Å². The lowest BCUT2D eigenvalue weighted by Gasteiger charge is -2.05. The molecule has 3 nitrogen and oxygen atoms in total. The van der Waals surface area contributed by atoms with E-state index in [0.29, 0.717) is 5.92 Å². The van der Waals surface area contributed by atoms with Crippen molar-refractivity contribution in [1.29, 1.82) is 0 Å². The molecule has 90 valence electrons. The van der Waals surface area contributed by atoms with Crippen LogP contribution in [-0.4, -0.2) is 16.1 Å². The van der Waals surface area contributed by atoms with E-state index in [1.165, 1.54) is 22.6 Å². The van der Waals surface area contributed by atoms with Gasteiger partial charge in [0.1, 0.15) is 5.82 Å². The molecule has 3 heteroatoms. The van der Waals surface area contributed by atoms with Crippen LogP contribution in [0.15, 0.2) is 12.1 Å². The number of benzene rings is 1. The molecule has 0 aliphatic carbocycles. The molecule has 2 heterocycles. The number of aromatic nitrogens is 2. The maximum atomic E-state index is 4.77. The van der Waals surface area contributed by atoms with Gasteiger partial charge >= 0.3 is 0 Å². The second-order valence-corrected chi connectivity index (χ2v) is 5.36. The Hall–Kier alpha value is -1.51. The SMILES string of the molecule is CC(C)Cc1nc2cc3c(cc2n1C)NCC3. The molecule has 0 saturated heterocycles. The fraction of sp³-hybridized carbons (Fsp3) is 0.500. The summed E-state index contributed by atoms with van der Waals surface area (Å²) in [4.78, 5) is 4.77. The monoisotopic (exact) mass is 229 g/mol. The summed E-state index contributed by atoms with van der Waals surface area (Å²) in [5.74, 6) is 1.84. The van der Waals surface area contributed by atoms with Crippen LogP contribution in [0.2, 0.25) is 0 Å². The molecular weight excluding hydrogens is 210 g/mol. The van der Waals surface area contributed by atoms with Crippen molar-refractivity contribution in [2.24, 2.45) is 13.0 Å². The number of anilines is 1. The van der Waals surface area contributed by atoms with E-state index in [-0.39, 0.29) is 0 Å². The predicted molar refractivity (Wildman–Crippen MR) is 71.4 cm³/mol. The minimum Gasteiger partial charge on any atom is -0.384 e. The summed E-state index contributed by atoms with van der Waals surface area (Å²) in [5.41, 5.74) is 5.09. The van der Waals surface area contributed by atoms with Gasteiger partial charge in [-0.25, -0.2) is 4.98 Å². The summed E-state index contributed by atoms with van der Waals surface area (Å²) >= 11 is 0. The van der Waals surface area contributed by atoms with E-state index >= 15 is 0 Å². The first-order valence-electron chi connectivity index (χ1n) is 6.37. The lowest BCUT2D eigenvalue weighted by Crippen LogP contribution is -2.02. The van der Waals surface area contributed by atoms with Crippen molar-refractivity contribution in [3.05, 3.63) is 23.5 Å². The van der Waals surface area contributed by atoms with E-state index in [9.17, 15) is 0 Å². The average Bonchev–Trinajstić information content (AvgIpc) is 2.82. The maximum absolute atomic E-state index is 4.77. The van der Waals surface area contributed by atoms with Gasteiger partial charge in [0.25, 0.3) is 0 Å². The quantitative estimate of drug-likeness (QED) is 0.858. The second kappa shape index (κ2) is 3.76. The van der Waals surface area contributed by atoms with E-state index in [0.717, 1.165) is 24.9 Å². The highest BCUT2D eigenvalue weighted by Gasteiger charge is 2.15. The number of nitrogens with one attached hydrogen (secondary N) is 1. The molecule has 0 atom stereocenters. The van der Waals surface area contributed by atoms with Crippen molar-refractivity contribution in [2.75, 3.05) is 11.9 Å². The van der Waals surface area contributed by atoms with Gasteiger partial charge in [0.15, 0.2) is 0 Å². The first kappa shape index (κ1) is 10.6. The molecule has 1 aliphatic rings. The molecule has 0 saturated carbocycles. The normalized spacial score (nSPS) is 14.4. The molecule has 2 aromatic rings. The molecule has 0 spiro atoms. The van der Waals surface area contributed by atoms with Gasteiger partial charge in [-0.2, -0.15) is 0 Å². The topological polar surface area (TPSA) is 29.9 Å². The van der Waals surface area contributed by atoms with Gasteiger partial charge in [-0.15, -0.1) is 0 Å². The van der Waals surface area contributed by atoms with E-state index < -0.39 is 0 Å². The zero-order chi connectivity index (χ0) is 12.0. The summed E-state index contributed by atoms with van der Waals surface area (Å²) < 4.78 is 2.23. The molecule has 1 aromatic heterocycles. The van der Waals surface area contributed by atoms with Crippen molar-refractivity contribution in [2.45, 2.75) is 26.7 Å². The van der Waals surface area contributed by atoms with Crippen molar-refractivity contribution in [3.8, 4) is 0 Å². The lowest BCUT2D eigenvalue weighted by molar-refractivity contribution is 0.606. The molecule has 0 unspecified atom stereocenters. The maximum Gasteiger partial charge on any atom is 0.109 e. The Kier molecular flexibility index (Phi) is 2.35. The lowest BCUT2D eigenvalue weighted by atomic mass is 10.1. The van der Waals surface area contributed by atoms with Crippen LogP contribution in [0.5, 0.6) is 0 Å². The summed E-state index contributed by atoms with van der Waals surface area (Å²) in [6.45, 7) is 5.53. The summed E-state index contributed by atoms with van der Waals surface area (Å²) in [5, 5.41) is 3.43.